The summed E-state index contributed by atoms with van der Waals surface area (Å²) in [7, 11) is 0. The fraction of sp³-hybridized carbons (Fsp3) is 0.176. The van der Waals surface area contributed by atoms with E-state index in [0.29, 0.717) is 5.69 Å². The minimum Gasteiger partial charge on any atom is -0.481 e. The topological polar surface area (TPSA) is 122 Å². The summed E-state index contributed by atoms with van der Waals surface area (Å²) in [6.07, 6.45) is 1.07. The zero-order valence-electron chi connectivity index (χ0n) is 12.8. The molecule has 1 atom stereocenters. The second-order valence-corrected chi connectivity index (χ2v) is 5.16. The number of aliphatic carboxylic acids is 1. The number of hydrogen-bond donors (Lipinski definition) is 3. The summed E-state index contributed by atoms with van der Waals surface area (Å²) >= 11 is 0. The van der Waals surface area contributed by atoms with Crippen LogP contribution in [0.3, 0.4) is 0 Å². The molecule has 24 heavy (non-hydrogen) atoms. The summed E-state index contributed by atoms with van der Waals surface area (Å²) in [6, 6.07) is 11.7. The van der Waals surface area contributed by atoms with E-state index in [4.69, 9.17) is 10.8 Å². The summed E-state index contributed by atoms with van der Waals surface area (Å²) in [6.45, 7) is 0. The van der Waals surface area contributed by atoms with Gasteiger partial charge in [-0.2, -0.15) is 0 Å². The average Bonchev–Trinajstić information content (AvgIpc) is 2.59. The number of pyridine rings is 1. The van der Waals surface area contributed by atoms with E-state index in [1.165, 1.54) is 6.20 Å². The van der Waals surface area contributed by atoms with Crippen LogP contribution in [0.1, 0.15) is 23.2 Å². The zero-order chi connectivity index (χ0) is 17.5. The Balaban J connectivity index is 2.06. The molecule has 124 valence electrons. The zero-order valence-corrected chi connectivity index (χ0v) is 12.8. The molecule has 0 unspecified atom stereocenters. The van der Waals surface area contributed by atoms with Crippen molar-refractivity contribution in [2.45, 2.75) is 18.9 Å². The van der Waals surface area contributed by atoms with Gasteiger partial charge >= 0.3 is 5.97 Å². The smallest absolute Gasteiger partial charge is 0.303 e. The van der Waals surface area contributed by atoms with Gasteiger partial charge in [0.1, 0.15) is 6.04 Å². The summed E-state index contributed by atoms with van der Waals surface area (Å²) in [5.41, 5.74) is 7.08. The van der Waals surface area contributed by atoms with Crippen molar-refractivity contribution in [3.63, 3.8) is 0 Å². The largest absolute Gasteiger partial charge is 0.481 e. The van der Waals surface area contributed by atoms with Crippen LogP contribution in [0.25, 0.3) is 11.3 Å². The van der Waals surface area contributed by atoms with Gasteiger partial charge in [0.05, 0.1) is 11.3 Å². The maximum atomic E-state index is 12.1. The number of nitrogens with one attached hydrogen (secondary N) is 1. The fourth-order valence-corrected chi connectivity index (χ4v) is 2.10. The highest BCUT2D eigenvalue weighted by atomic mass is 16.4. The third-order valence-corrected chi connectivity index (χ3v) is 3.39. The number of carboxylic acid groups (broad SMARTS) is 1. The molecule has 2 amide bonds. The van der Waals surface area contributed by atoms with E-state index in [-0.39, 0.29) is 18.4 Å². The van der Waals surface area contributed by atoms with Crippen LogP contribution in [0, 0.1) is 0 Å². The van der Waals surface area contributed by atoms with Crippen LogP contribution >= 0.6 is 0 Å². The Kier molecular flexibility index (Phi) is 5.62. The lowest BCUT2D eigenvalue weighted by molar-refractivity contribution is -0.137. The maximum absolute atomic E-state index is 12.1. The van der Waals surface area contributed by atoms with Gasteiger partial charge in [0, 0.05) is 18.2 Å². The first-order valence-corrected chi connectivity index (χ1v) is 7.31. The lowest BCUT2D eigenvalue weighted by Gasteiger charge is -2.14. The Hall–Kier alpha value is -3.22. The molecule has 4 N–H and O–H groups in total. The Labute approximate surface area is 138 Å². The molecule has 0 fully saturated rings. The van der Waals surface area contributed by atoms with Crippen LogP contribution in [0.4, 0.5) is 0 Å². The molecule has 0 saturated carbocycles. The summed E-state index contributed by atoms with van der Waals surface area (Å²) in [4.78, 5) is 38.3. The lowest BCUT2D eigenvalue weighted by Crippen LogP contribution is -2.44. The Bertz CT molecular complexity index is 729. The van der Waals surface area contributed by atoms with Gasteiger partial charge in [0.25, 0.3) is 5.91 Å². The highest BCUT2D eigenvalue weighted by Crippen LogP contribution is 2.16. The number of amides is 2. The van der Waals surface area contributed by atoms with Crippen molar-refractivity contribution in [2.24, 2.45) is 5.73 Å². The van der Waals surface area contributed by atoms with E-state index in [2.05, 4.69) is 10.3 Å². The summed E-state index contributed by atoms with van der Waals surface area (Å²) < 4.78 is 0. The van der Waals surface area contributed by atoms with E-state index in [1.54, 1.807) is 12.1 Å². The normalized spacial score (nSPS) is 11.5. The van der Waals surface area contributed by atoms with E-state index in [1.807, 2.05) is 30.3 Å². The monoisotopic (exact) mass is 327 g/mol. The molecule has 2 rings (SSSR count). The second-order valence-electron chi connectivity index (χ2n) is 5.16. The number of nitrogens with zero attached hydrogens (tertiary/aromatic N) is 1. The molecule has 0 radical (unpaired) electrons. The van der Waals surface area contributed by atoms with E-state index in [9.17, 15) is 14.4 Å². The number of nitrogens with two attached hydrogens (primary N) is 1. The molecule has 1 aromatic carbocycles. The van der Waals surface area contributed by atoms with Gasteiger partial charge in [0.15, 0.2) is 0 Å². The van der Waals surface area contributed by atoms with Crippen LogP contribution in [0.5, 0.6) is 0 Å². The second kappa shape index (κ2) is 7.87. The number of rotatable bonds is 7. The molecule has 0 aliphatic heterocycles. The third-order valence-electron chi connectivity index (χ3n) is 3.39. The van der Waals surface area contributed by atoms with Crippen molar-refractivity contribution >= 4 is 17.8 Å². The van der Waals surface area contributed by atoms with E-state index < -0.39 is 23.8 Å². The molecule has 1 heterocycles. The predicted octanol–water partition coefficient (Wildman–Crippen LogP) is 1.20. The molecule has 2 aromatic rings. The number of hydrogen-bond acceptors (Lipinski definition) is 4. The number of carbonyl (C=O) groups is 3. The van der Waals surface area contributed by atoms with Gasteiger partial charge in [-0.15, -0.1) is 0 Å². The molecular weight excluding hydrogens is 310 g/mol. The molecule has 0 saturated heterocycles. The Morgan fingerprint density at radius 1 is 1.12 bits per heavy atom. The van der Waals surface area contributed by atoms with E-state index >= 15 is 0 Å². The summed E-state index contributed by atoms with van der Waals surface area (Å²) in [5, 5.41) is 11.1. The van der Waals surface area contributed by atoms with Gasteiger partial charge in [-0.3, -0.25) is 19.4 Å². The molecule has 0 aliphatic rings. The minimum atomic E-state index is -1.07. The van der Waals surface area contributed by atoms with Crippen LogP contribution in [0.2, 0.25) is 0 Å². The van der Waals surface area contributed by atoms with Crippen LogP contribution in [-0.2, 0) is 9.59 Å². The number of carboxylic acids is 1. The fourth-order valence-electron chi connectivity index (χ4n) is 2.10. The first kappa shape index (κ1) is 17.1. The Morgan fingerprint density at radius 3 is 2.38 bits per heavy atom. The van der Waals surface area contributed by atoms with Crippen molar-refractivity contribution in [1.29, 1.82) is 0 Å². The molecule has 0 aliphatic carbocycles. The van der Waals surface area contributed by atoms with Crippen molar-refractivity contribution in [1.82, 2.24) is 10.3 Å². The van der Waals surface area contributed by atoms with Crippen molar-refractivity contribution < 1.29 is 19.5 Å². The van der Waals surface area contributed by atoms with E-state index in [0.717, 1.165) is 5.56 Å². The summed E-state index contributed by atoms with van der Waals surface area (Å²) in [5.74, 6) is -2.38. The first-order chi connectivity index (χ1) is 11.5. The minimum absolute atomic E-state index is 0.0636. The van der Waals surface area contributed by atoms with Crippen molar-refractivity contribution in [3.8, 4) is 11.3 Å². The third kappa shape index (κ3) is 4.64. The SMILES string of the molecule is NC(=O)[C@H](CCC(=O)O)NC(=O)c1ccc(-c2ccccc2)nc1. The van der Waals surface area contributed by atoms with Crippen LogP contribution in [0.15, 0.2) is 48.7 Å². The van der Waals surface area contributed by atoms with Gasteiger partial charge in [-0.1, -0.05) is 30.3 Å². The standard InChI is InChI=1S/C17H17N3O4/c18-16(23)14(8-9-15(21)22)20-17(24)12-6-7-13(19-10-12)11-4-2-1-3-5-11/h1-7,10,14H,8-9H2,(H2,18,23)(H,20,24)(H,21,22)/t14-/m0/s1. The highest BCUT2D eigenvalue weighted by molar-refractivity contribution is 5.97. The maximum Gasteiger partial charge on any atom is 0.303 e. The van der Waals surface area contributed by atoms with Crippen molar-refractivity contribution in [3.05, 3.63) is 54.2 Å². The van der Waals surface area contributed by atoms with Gasteiger partial charge < -0.3 is 16.2 Å². The number of benzene rings is 1. The molecule has 1 aromatic heterocycles. The van der Waals surface area contributed by atoms with Crippen LogP contribution < -0.4 is 11.1 Å². The van der Waals surface area contributed by atoms with Gasteiger partial charge in [0.2, 0.25) is 5.91 Å². The number of primary amides is 1. The molecule has 7 heteroatoms. The molecule has 7 nitrogen and oxygen atoms in total. The molecule has 0 spiro atoms. The highest BCUT2D eigenvalue weighted by Gasteiger charge is 2.20. The molecule has 0 bridgehead atoms. The predicted molar refractivity (Wildman–Crippen MR) is 87.0 cm³/mol. The van der Waals surface area contributed by atoms with Gasteiger partial charge in [-0.25, -0.2) is 0 Å². The molecular formula is C17H17N3O4. The first-order valence-electron chi connectivity index (χ1n) is 7.31. The Morgan fingerprint density at radius 2 is 1.83 bits per heavy atom. The average molecular weight is 327 g/mol. The lowest BCUT2D eigenvalue weighted by atomic mass is 10.1. The number of carbonyl (C=O) groups excluding carboxylic acids is 2. The number of aromatic nitrogens is 1. The van der Waals surface area contributed by atoms with Crippen LogP contribution in [-0.4, -0.2) is 33.9 Å². The van der Waals surface area contributed by atoms with Gasteiger partial charge in [-0.05, 0) is 18.6 Å². The van der Waals surface area contributed by atoms with Crippen molar-refractivity contribution in [2.75, 3.05) is 0 Å². The quantitative estimate of drug-likeness (QED) is 0.705.